The Morgan fingerprint density at radius 2 is 1.79 bits per heavy atom. The maximum absolute atomic E-state index is 12.8. The van der Waals surface area contributed by atoms with E-state index in [0.29, 0.717) is 12.8 Å². The first-order valence-electron chi connectivity index (χ1n) is 6.51. The van der Waals surface area contributed by atoms with Crippen molar-refractivity contribution in [3.8, 4) is 0 Å². The van der Waals surface area contributed by atoms with Gasteiger partial charge in [-0.15, -0.1) is 0 Å². The van der Waals surface area contributed by atoms with E-state index < -0.39 is 20.6 Å². The number of hydrogen-bond acceptors (Lipinski definition) is 4. The first-order valence-corrected chi connectivity index (χ1v) is 8.00. The minimum absolute atomic E-state index is 0.199. The lowest BCUT2D eigenvalue weighted by atomic mass is 10.1. The van der Waals surface area contributed by atoms with Gasteiger partial charge in [-0.1, -0.05) is 31.0 Å². The van der Waals surface area contributed by atoms with Gasteiger partial charge in [0.05, 0.1) is 11.5 Å². The monoisotopic (exact) mass is 282 g/mol. The Balaban J connectivity index is 2.48. The lowest BCUT2D eigenvalue weighted by molar-refractivity contribution is -0.146. The van der Waals surface area contributed by atoms with E-state index in [1.165, 1.54) is 12.1 Å². The third kappa shape index (κ3) is 2.27. The van der Waals surface area contributed by atoms with Crippen molar-refractivity contribution in [2.24, 2.45) is 0 Å². The lowest BCUT2D eigenvalue weighted by Crippen LogP contribution is -2.45. The average Bonchev–Trinajstić information content (AvgIpc) is 2.91. The molecule has 0 bridgehead atoms. The maximum Gasteiger partial charge on any atom is 0.327 e. The zero-order chi connectivity index (χ0) is 13.9. The minimum atomic E-state index is -3.70. The molecule has 5 heteroatoms. The fraction of sp³-hybridized carbons (Fsp3) is 0.500. The molecule has 1 fully saturated rings. The highest BCUT2D eigenvalue weighted by molar-refractivity contribution is 7.93. The molecule has 0 radical (unpaired) electrons. The topological polar surface area (TPSA) is 60.4 Å². The third-order valence-electron chi connectivity index (χ3n) is 3.63. The van der Waals surface area contributed by atoms with Crippen molar-refractivity contribution in [1.82, 2.24) is 0 Å². The number of carbonyl (C=O) groups excluding carboxylic acids is 1. The standard InChI is InChI=1S/C14H18O4S/c1-2-18-13(15)14(10-6-7-11-14)19(16,17)12-8-4-3-5-9-12/h3-5,8-9H,2,6-7,10-11H2,1H3. The van der Waals surface area contributed by atoms with E-state index in [1.807, 2.05) is 0 Å². The molecule has 2 rings (SSSR count). The summed E-state index contributed by atoms with van der Waals surface area (Å²) in [6, 6.07) is 8.16. The van der Waals surface area contributed by atoms with Gasteiger partial charge in [0.1, 0.15) is 0 Å². The van der Waals surface area contributed by atoms with Gasteiger partial charge < -0.3 is 4.74 Å². The van der Waals surface area contributed by atoms with Gasteiger partial charge in [-0.25, -0.2) is 8.42 Å². The molecule has 0 amide bonds. The molecule has 19 heavy (non-hydrogen) atoms. The largest absolute Gasteiger partial charge is 0.465 e. The van der Waals surface area contributed by atoms with Crippen LogP contribution in [0.5, 0.6) is 0 Å². The number of benzene rings is 1. The molecule has 1 aromatic carbocycles. The smallest absolute Gasteiger partial charge is 0.327 e. The van der Waals surface area contributed by atoms with Gasteiger partial charge in [-0.3, -0.25) is 4.79 Å². The van der Waals surface area contributed by atoms with Gasteiger partial charge in [0.15, 0.2) is 14.6 Å². The minimum Gasteiger partial charge on any atom is -0.465 e. The highest BCUT2D eigenvalue weighted by Crippen LogP contribution is 2.41. The first-order chi connectivity index (χ1) is 9.04. The summed E-state index contributed by atoms with van der Waals surface area (Å²) in [4.78, 5) is 12.4. The van der Waals surface area contributed by atoms with Crippen molar-refractivity contribution in [3.05, 3.63) is 30.3 Å². The van der Waals surface area contributed by atoms with E-state index in [0.717, 1.165) is 12.8 Å². The van der Waals surface area contributed by atoms with E-state index in [9.17, 15) is 13.2 Å². The van der Waals surface area contributed by atoms with Crippen LogP contribution < -0.4 is 0 Å². The molecule has 104 valence electrons. The van der Waals surface area contributed by atoms with Crippen LogP contribution >= 0.6 is 0 Å². The summed E-state index contributed by atoms with van der Waals surface area (Å²) in [5.41, 5.74) is 0. The lowest BCUT2D eigenvalue weighted by Gasteiger charge is -2.26. The van der Waals surface area contributed by atoms with Crippen LogP contribution in [0, 0.1) is 0 Å². The molecular weight excluding hydrogens is 264 g/mol. The van der Waals surface area contributed by atoms with Crippen LogP contribution in [-0.2, 0) is 19.4 Å². The number of rotatable bonds is 4. The Labute approximate surface area is 113 Å². The molecule has 0 unspecified atom stereocenters. The molecule has 0 N–H and O–H groups in total. The molecule has 4 nitrogen and oxygen atoms in total. The van der Waals surface area contributed by atoms with Gasteiger partial charge in [0, 0.05) is 0 Å². The van der Waals surface area contributed by atoms with Gasteiger partial charge in [-0.2, -0.15) is 0 Å². The second-order valence-electron chi connectivity index (χ2n) is 4.74. The summed E-state index contributed by atoms with van der Waals surface area (Å²) in [5, 5.41) is 0. The SMILES string of the molecule is CCOC(=O)C1(S(=O)(=O)c2ccccc2)CCCC1. The van der Waals surface area contributed by atoms with Gasteiger partial charge in [0.25, 0.3) is 0 Å². The molecule has 1 aliphatic carbocycles. The summed E-state index contributed by atoms with van der Waals surface area (Å²) < 4.78 is 29.2. The number of sulfone groups is 1. The molecule has 0 aliphatic heterocycles. The highest BCUT2D eigenvalue weighted by atomic mass is 32.2. The van der Waals surface area contributed by atoms with E-state index >= 15 is 0 Å². The molecule has 1 aromatic rings. The quantitative estimate of drug-likeness (QED) is 0.795. The Hall–Kier alpha value is -1.36. The highest BCUT2D eigenvalue weighted by Gasteiger charge is 2.54. The maximum atomic E-state index is 12.8. The van der Waals surface area contributed by atoms with Crippen molar-refractivity contribution in [2.45, 2.75) is 42.2 Å². The number of esters is 1. The Kier molecular flexibility index (Phi) is 3.94. The van der Waals surface area contributed by atoms with Crippen LogP contribution in [0.1, 0.15) is 32.6 Å². The van der Waals surface area contributed by atoms with Crippen LogP contribution in [0.15, 0.2) is 35.2 Å². The van der Waals surface area contributed by atoms with Crippen LogP contribution in [-0.4, -0.2) is 25.7 Å². The summed E-state index contributed by atoms with van der Waals surface area (Å²) in [6.45, 7) is 1.89. The fourth-order valence-corrected chi connectivity index (χ4v) is 4.69. The first kappa shape index (κ1) is 14.1. The predicted octanol–water partition coefficient (Wildman–Crippen LogP) is 2.34. The molecular formula is C14H18O4S. The fourth-order valence-electron chi connectivity index (χ4n) is 2.62. The van der Waals surface area contributed by atoms with Crippen LogP contribution in [0.25, 0.3) is 0 Å². The molecule has 1 aliphatic rings. The summed E-state index contributed by atoms with van der Waals surface area (Å²) >= 11 is 0. The van der Waals surface area contributed by atoms with E-state index in [2.05, 4.69) is 0 Å². The Morgan fingerprint density at radius 1 is 1.21 bits per heavy atom. The molecule has 0 heterocycles. The zero-order valence-corrected chi connectivity index (χ0v) is 11.8. The zero-order valence-electron chi connectivity index (χ0n) is 11.0. The number of ether oxygens (including phenoxy) is 1. The van der Waals surface area contributed by atoms with Gasteiger partial charge >= 0.3 is 5.97 Å². The summed E-state index contributed by atoms with van der Waals surface area (Å²) in [5.74, 6) is -0.601. The average molecular weight is 282 g/mol. The normalized spacial score (nSPS) is 18.2. The summed E-state index contributed by atoms with van der Waals surface area (Å²) in [6.07, 6.45) is 2.18. The second-order valence-corrected chi connectivity index (χ2v) is 7.00. The van der Waals surface area contributed by atoms with E-state index in [1.54, 1.807) is 25.1 Å². The molecule has 0 aromatic heterocycles. The molecule has 0 atom stereocenters. The van der Waals surface area contributed by atoms with Crippen LogP contribution in [0.4, 0.5) is 0 Å². The van der Waals surface area contributed by atoms with Crippen LogP contribution in [0.3, 0.4) is 0 Å². The summed E-state index contributed by atoms with van der Waals surface area (Å²) in [7, 11) is -3.70. The molecule has 0 spiro atoms. The van der Waals surface area contributed by atoms with E-state index in [4.69, 9.17) is 4.74 Å². The number of hydrogen-bond donors (Lipinski definition) is 0. The van der Waals surface area contributed by atoms with Crippen molar-refractivity contribution in [2.75, 3.05) is 6.61 Å². The van der Waals surface area contributed by atoms with Crippen molar-refractivity contribution < 1.29 is 17.9 Å². The van der Waals surface area contributed by atoms with Crippen LogP contribution in [0.2, 0.25) is 0 Å². The molecule has 0 saturated heterocycles. The third-order valence-corrected chi connectivity index (χ3v) is 6.12. The van der Waals surface area contributed by atoms with E-state index in [-0.39, 0.29) is 11.5 Å². The van der Waals surface area contributed by atoms with Crippen molar-refractivity contribution in [1.29, 1.82) is 0 Å². The number of carbonyl (C=O) groups is 1. The van der Waals surface area contributed by atoms with Crippen molar-refractivity contribution in [3.63, 3.8) is 0 Å². The van der Waals surface area contributed by atoms with Crippen molar-refractivity contribution >= 4 is 15.8 Å². The predicted molar refractivity (Wildman–Crippen MR) is 71.5 cm³/mol. The Morgan fingerprint density at radius 3 is 2.32 bits per heavy atom. The van der Waals surface area contributed by atoms with Gasteiger partial charge in [-0.05, 0) is 31.9 Å². The second kappa shape index (κ2) is 5.33. The Bertz CT molecular complexity index is 542. The molecule has 1 saturated carbocycles. The van der Waals surface area contributed by atoms with Gasteiger partial charge in [0.2, 0.25) is 0 Å².